The molecule has 1 saturated carbocycles. The molecule has 2 rings (SSSR count). The van der Waals surface area contributed by atoms with Crippen molar-refractivity contribution in [2.75, 3.05) is 0 Å². The fourth-order valence-electron chi connectivity index (χ4n) is 1.80. The minimum absolute atomic E-state index is 0.199. The van der Waals surface area contributed by atoms with Gasteiger partial charge in [0, 0.05) is 5.92 Å². The molecule has 1 aliphatic carbocycles. The summed E-state index contributed by atoms with van der Waals surface area (Å²) in [6, 6.07) is 0. The number of carbonyl (C=O) groups is 1. The average molecular weight is 177 g/mol. The molecule has 0 N–H and O–H groups in total. The number of rotatable bonds is 2. The summed E-state index contributed by atoms with van der Waals surface area (Å²) in [5.74, 6) is 0.693. The van der Waals surface area contributed by atoms with E-state index in [0.717, 1.165) is 18.5 Å². The lowest BCUT2D eigenvalue weighted by Gasteiger charge is -2.06. The summed E-state index contributed by atoms with van der Waals surface area (Å²) in [7, 11) is 0. The van der Waals surface area contributed by atoms with Crippen molar-refractivity contribution in [3.05, 3.63) is 17.7 Å². The van der Waals surface area contributed by atoms with Gasteiger partial charge in [0.15, 0.2) is 6.29 Å². The summed E-state index contributed by atoms with van der Waals surface area (Å²) in [5, 5.41) is 7.36. The molecule has 1 aromatic heterocycles. The molecule has 0 unspecified atom stereocenters. The molecule has 1 aliphatic rings. The van der Waals surface area contributed by atoms with Gasteiger partial charge in [-0.05, 0) is 12.8 Å². The molecule has 1 fully saturated rings. The summed E-state index contributed by atoms with van der Waals surface area (Å²) in [6.45, 7) is 0. The number of aromatic nitrogens is 3. The Morgan fingerprint density at radius 2 is 2.15 bits per heavy atom. The van der Waals surface area contributed by atoms with E-state index in [1.807, 2.05) is 0 Å². The van der Waals surface area contributed by atoms with E-state index in [4.69, 9.17) is 0 Å². The van der Waals surface area contributed by atoms with Crippen LogP contribution in [0.3, 0.4) is 0 Å². The highest BCUT2D eigenvalue weighted by atomic mass is 16.1. The van der Waals surface area contributed by atoms with Gasteiger partial charge in [0.2, 0.25) is 5.82 Å². The minimum atomic E-state index is 0.199. The molecule has 4 nitrogen and oxygen atoms in total. The van der Waals surface area contributed by atoms with Crippen LogP contribution in [0, 0.1) is 0 Å². The van der Waals surface area contributed by atoms with Crippen molar-refractivity contribution in [1.82, 2.24) is 15.2 Å². The first kappa shape index (κ1) is 8.29. The quantitative estimate of drug-likeness (QED) is 0.640. The molecule has 0 aromatic carbocycles. The van der Waals surface area contributed by atoms with Gasteiger partial charge >= 0.3 is 0 Å². The summed E-state index contributed by atoms with van der Waals surface area (Å²) in [6.07, 6.45) is 7.15. The van der Waals surface area contributed by atoms with Crippen LogP contribution in [0.2, 0.25) is 0 Å². The molecule has 0 atom stereocenters. The molecule has 0 bridgehead atoms. The van der Waals surface area contributed by atoms with Gasteiger partial charge in [0.05, 0.1) is 11.9 Å². The zero-order valence-electron chi connectivity index (χ0n) is 7.31. The van der Waals surface area contributed by atoms with E-state index in [2.05, 4.69) is 15.2 Å². The van der Waals surface area contributed by atoms with Crippen LogP contribution in [0.25, 0.3) is 0 Å². The fourth-order valence-corrected chi connectivity index (χ4v) is 1.80. The maximum absolute atomic E-state index is 10.4. The summed E-state index contributed by atoms with van der Waals surface area (Å²) in [4.78, 5) is 14.5. The third kappa shape index (κ3) is 1.71. The van der Waals surface area contributed by atoms with E-state index in [-0.39, 0.29) is 5.82 Å². The third-order valence-electron chi connectivity index (χ3n) is 2.47. The van der Waals surface area contributed by atoms with Crippen molar-refractivity contribution >= 4 is 6.29 Å². The Bertz CT molecular complexity index is 307. The van der Waals surface area contributed by atoms with Gasteiger partial charge in [-0.15, -0.1) is 5.10 Å². The standard InChI is InChI=1S/C9H11N3O/c13-6-9-11-8(5-10-12-9)7-3-1-2-4-7/h5-7H,1-4H2. The Kier molecular flexibility index (Phi) is 2.29. The van der Waals surface area contributed by atoms with Gasteiger partial charge in [-0.1, -0.05) is 12.8 Å². The zero-order valence-corrected chi connectivity index (χ0v) is 7.31. The average Bonchev–Trinajstić information content (AvgIpc) is 2.71. The van der Waals surface area contributed by atoms with Crippen molar-refractivity contribution in [2.24, 2.45) is 0 Å². The zero-order chi connectivity index (χ0) is 9.10. The Balaban J connectivity index is 2.23. The maximum atomic E-state index is 10.4. The van der Waals surface area contributed by atoms with Gasteiger partial charge in [-0.25, -0.2) is 4.98 Å². The van der Waals surface area contributed by atoms with Crippen molar-refractivity contribution in [3.8, 4) is 0 Å². The lowest BCUT2D eigenvalue weighted by atomic mass is 10.1. The monoisotopic (exact) mass is 177 g/mol. The molecule has 0 aliphatic heterocycles. The second-order valence-electron chi connectivity index (χ2n) is 3.34. The van der Waals surface area contributed by atoms with Gasteiger partial charge in [-0.3, -0.25) is 4.79 Å². The van der Waals surface area contributed by atoms with Crippen molar-refractivity contribution < 1.29 is 4.79 Å². The minimum Gasteiger partial charge on any atom is -0.294 e. The van der Waals surface area contributed by atoms with E-state index >= 15 is 0 Å². The first-order chi connectivity index (χ1) is 6.40. The van der Waals surface area contributed by atoms with E-state index in [1.54, 1.807) is 6.20 Å². The third-order valence-corrected chi connectivity index (χ3v) is 2.47. The van der Waals surface area contributed by atoms with Crippen LogP contribution in [-0.2, 0) is 0 Å². The van der Waals surface area contributed by atoms with Crippen LogP contribution in [0.1, 0.15) is 47.9 Å². The first-order valence-electron chi connectivity index (χ1n) is 4.55. The molecule has 0 spiro atoms. The van der Waals surface area contributed by atoms with Crippen molar-refractivity contribution in [1.29, 1.82) is 0 Å². The largest absolute Gasteiger partial charge is 0.294 e. The van der Waals surface area contributed by atoms with Crippen LogP contribution >= 0.6 is 0 Å². The second-order valence-corrected chi connectivity index (χ2v) is 3.34. The highest BCUT2D eigenvalue weighted by Gasteiger charge is 2.18. The van der Waals surface area contributed by atoms with Crippen LogP contribution < -0.4 is 0 Å². The lowest BCUT2D eigenvalue weighted by Crippen LogP contribution is -2.03. The van der Waals surface area contributed by atoms with Crippen LogP contribution in [0.5, 0.6) is 0 Å². The predicted molar refractivity (Wildman–Crippen MR) is 46.4 cm³/mol. The van der Waals surface area contributed by atoms with Crippen LogP contribution in [-0.4, -0.2) is 21.5 Å². The molecule has 0 amide bonds. The molecular formula is C9H11N3O. The molecule has 68 valence electrons. The van der Waals surface area contributed by atoms with Crippen LogP contribution in [0.4, 0.5) is 0 Å². The number of hydrogen-bond donors (Lipinski definition) is 0. The summed E-state index contributed by atoms with van der Waals surface area (Å²) >= 11 is 0. The van der Waals surface area contributed by atoms with E-state index in [0.29, 0.717) is 12.2 Å². The maximum Gasteiger partial charge on any atom is 0.214 e. The molecular weight excluding hydrogens is 166 g/mol. The Morgan fingerprint density at radius 1 is 1.38 bits per heavy atom. The molecule has 0 radical (unpaired) electrons. The lowest BCUT2D eigenvalue weighted by molar-refractivity contribution is 0.111. The number of aldehydes is 1. The predicted octanol–water partition coefficient (Wildman–Crippen LogP) is 1.34. The molecule has 1 aromatic rings. The highest BCUT2D eigenvalue weighted by molar-refractivity contribution is 5.68. The van der Waals surface area contributed by atoms with Gasteiger partial charge in [-0.2, -0.15) is 5.10 Å². The first-order valence-corrected chi connectivity index (χ1v) is 4.55. The summed E-state index contributed by atoms with van der Waals surface area (Å²) in [5.41, 5.74) is 0.926. The summed E-state index contributed by atoms with van der Waals surface area (Å²) < 4.78 is 0. The van der Waals surface area contributed by atoms with E-state index in [9.17, 15) is 4.79 Å². The Labute approximate surface area is 76.4 Å². The smallest absolute Gasteiger partial charge is 0.214 e. The molecule has 4 heteroatoms. The molecule has 1 heterocycles. The normalized spacial score (nSPS) is 17.5. The van der Waals surface area contributed by atoms with Gasteiger partial charge in [0.25, 0.3) is 0 Å². The highest BCUT2D eigenvalue weighted by Crippen LogP contribution is 2.32. The molecule has 0 saturated heterocycles. The Hall–Kier alpha value is -1.32. The van der Waals surface area contributed by atoms with Crippen molar-refractivity contribution in [2.45, 2.75) is 31.6 Å². The number of nitrogens with zero attached hydrogens (tertiary/aromatic N) is 3. The number of hydrogen-bond acceptors (Lipinski definition) is 4. The second kappa shape index (κ2) is 3.60. The SMILES string of the molecule is O=Cc1nncc(C2CCCC2)n1. The van der Waals surface area contributed by atoms with Crippen LogP contribution in [0.15, 0.2) is 6.20 Å². The molecule has 13 heavy (non-hydrogen) atoms. The van der Waals surface area contributed by atoms with Crippen molar-refractivity contribution in [3.63, 3.8) is 0 Å². The Morgan fingerprint density at radius 3 is 2.85 bits per heavy atom. The van der Waals surface area contributed by atoms with Gasteiger partial charge in [0.1, 0.15) is 0 Å². The van der Waals surface area contributed by atoms with E-state index in [1.165, 1.54) is 12.8 Å². The topological polar surface area (TPSA) is 55.7 Å². The van der Waals surface area contributed by atoms with E-state index < -0.39 is 0 Å². The number of carbonyl (C=O) groups excluding carboxylic acids is 1. The fraction of sp³-hybridized carbons (Fsp3) is 0.556. The van der Waals surface area contributed by atoms with Gasteiger partial charge < -0.3 is 0 Å².